The number of rotatable bonds is 8. The monoisotopic (exact) mass is 468 g/mol. The van der Waals surface area contributed by atoms with Crippen molar-refractivity contribution in [3.8, 4) is 0 Å². The van der Waals surface area contributed by atoms with Crippen LogP contribution in [0.1, 0.15) is 84.9 Å². The lowest BCUT2D eigenvalue weighted by Crippen LogP contribution is -2.47. The summed E-state index contributed by atoms with van der Waals surface area (Å²) >= 11 is 0. The third-order valence-electron chi connectivity index (χ3n) is 6.40. The van der Waals surface area contributed by atoms with E-state index in [0.717, 1.165) is 88.0 Å². The summed E-state index contributed by atoms with van der Waals surface area (Å²) in [6.45, 7) is 20.8. The van der Waals surface area contributed by atoms with Gasteiger partial charge in [-0.05, 0) is 31.9 Å². The average Bonchev–Trinajstić information content (AvgIpc) is 2.77. The molecule has 0 atom stereocenters. The van der Waals surface area contributed by atoms with Crippen molar-refractivity contribution in [2.75, 3.05) is 37.6 Å². The van der Waals surface area contributed by atoms with Crippen molar-refractivity contribution in [3.63, 3.8) is 0 Å². The fourth-order valence-corrected chi connectivity index (χ4v) is 4.20. The van der Waals surface area contributed by atoms with E-state index in [9.17, 15) is 4.79 Å². The van der Waals surface area contributed by atoms with Gasteiger partial charge in [-0.2, -0.15) is 4.98 Å². The Balaban J connectivity index is 1.49. The van der Waals surface area contributed by atoms with Crippen molar-refractivity contribution in [1.82, 2.24) is 24.4 Å². The van der Waals surface area contributed by atoms with E-state index in [1.54, 1.807) is 4.57 Å². The summed E-state index contributed by atoms with van der Waals surface area (Å²) in [5, 5.41) is 0. The zero-order chi connectivity index (χ0) is 24.9. The highest BCUT2D eigenvalue weighted by atomic mass is 16.1. The summed E-state index contributed by atoms with van der Waals surface area (Å²) in [4.78, 5) is 31.3. The SMILES string of the molecule is CCCc1cc(N2CCN(CCCCn3ccc(C(C)(C)C)nc3=O)CC2)nc(C(C)(C)C)n1. The summed E-state index contributed by atoms with van der Waals surface area (Å²) in [7, 11) is 0. The average molecular weight is 469 g/mol. The zero-order valence-corrected chi connectivity index (χ0v) is 22.4. The smallest absolute Gasteiger partial charge is 0.347 e. The fourth-order valence-electron chi connectivity index (χ4n) is 4.20. The molecule has 0 amide bonds. The highest BCUT2D eigenvalue weighted by Gasteiger charge is 2.23. The number of piperazine rings is 1. The van der Waals surface area contributed by atoms with Crippen LogP contribution in [0, 0.1) is 0 Å². The second-order valence-electron chi connectivity index (χ2n) is 11.6. The first-order valence-corrected chi connectivity index (χ1v) is 12.9. The molecule has 7 heteroatoms. The number of hydrogen-bond donors (Lipinski definition) is 0. The maximum atomic E-state index is 12.3. The van der Waals surface area contributed by atoms with Gasteiger partial charge in [-0.1, -0.05) is 54.9 Å². The molecule has 3 heterocycles. The molecule has 2 aromatic rings. The summed E-state index contributed by atoms with van der Waals surface area (Å²) in [6.07, 6.45) is 6.05. The van der Waals surface area contributed by atoms with Crippen LogP contribution in [0.25, 0.3) is 0 Å². The van der Waals surface area contributed by atoms with Crippen molar-refractivity contribution in [1.29, 1.82) is 0 Å². The topological polar surface area (TPSA) is 67.2 Å². The minimum atomic E-state index is -0.136. The number of anilines is 1. The minimum absolute atomic E-state index is 0.0507. The molecule has 1 saturated heterocycles. The van der Waals surface area contributed by atoms with Crippen molar-refractivity contribution in [2.45, 2.75) is 91.5 Å². The van der Waals surface area contributed by atoms with Gasteiger partial charge in [0.05, 0.1) is 5.69 Å². The van der Waals surface area contributed by atoms with Crippen molar-refractivity contribution in [3.05, 3.63) is 46.0 Å². The molecule has 34 heavy (non-hydrogen) atoms. The lowest BCUT2D eigenvalue weighted by molar-refractivity contribution is 0.250. The van der Waals surface area contributed by atoms with Crippen LogP contribution in [0.5, 0.6) is 0 Å². The predicted molar refractivity (Wildman–Crippen MR) is 140 cm³/mol. The number of nitrogens with zero attached hydrogens (tertiary/aromatic N) is 6. The first-order chi connectivity index (χ1) is 16.0. The standard InChI is InChI=1S/C27H44N6O/c1-8-11-21-20-23(30-24(28-21)27(5,6)7)32-18-16-31(17-19-32)13-9-10-14-33-15-12-22(26(2,3)4)29-25(33)34/h12,15,20H,8-11,13-14,16-19H2,1-7H3. The van der Waals surface area contributed by atoms with Gasteiger partial charge >= 0.3 is 5.69 Å². The van der Waals surface area contributed by atoms with Crippen molar-refractivity contribution < 1.29 is 0 Å². The first-order valence-electron chi connectivity index (χ1n) is 12.9. The van der Waals surface area contributed by atoms with Crippen LogP contribution in [0.2, 0.25) is 0 Å². The second kappa shape index (κ2) is 11.0. The fraction of sp³-hybridized carbons (Fsp3) is 0.704. The minimum Gasteiger partial charge on any atom is -0.354 e. The zero-order valence-electron chi connectivity index (χ0n) is 22.4. The van der Waals surface area contributed by atoms with Gasteiger partial charge in [0, 0.05) is 61.5 Å². The van der Waals surface area contributed by atoms with E-state index in [4.69, 9.17) is 9.97 Å². The second-order valence-corrected chi connectivity index (χ2v) is 11.6. The van der Waals surface area contributed by atoms with Crippen LogP contribution in [-0.2, 0) is 23.8 Å². The van der Waals surface area contributed by atoms with Crippen LogP contribution >= 0.6 is 0 Å². The molecule has 3 rings (SSSR count). The van der Waals surface area contributed by atoms with Gasteiger partial charge in [-0.25, -0.2) is 14.8 Å². The van der Waals surface area contributed by atoms with Gasteiger partial charge in [0.25, 0.3) is 0 Å². The van der Waals surface area contributed by atoms with Crippen LogP contribution < -0.4 is 10.6 Å². The van der Waals surface area contributed by atoms with Crippen LogP contribution in [0.15, 0.2) is 23.1 Å². The summed E-state index contributed by atoms with van der Waals surface area (Å²) in [5.41, 5.74) is 1.72. The molecule has 0 radical (unpaired) electrons. The van der Waals surface area contributed by atoms with Crippen LogP contribution in [0.4, 0.5) is 5.82 Å². The maximum Gasteiger partial charge on any atom is 0.347 e. The molecular formula is C27H44N6O. The predicted octanol–water partition coefficient (Wildman–Crippen LogP) is 4.18. The van der Waals surface area contributed by atoms with Crippen molar-refractivity contribution >= 4 is 5.82 Å². The Hall–Kier alpha value is -2.28. The van der Waals surface area contributed by atoms with E-state index in [2.05, 4.69) is 69.3 Å². The van der Waals surface area contributed by atoms with E-state index in [1.165, 1.54) is 0 Å². The molecule has 0 bridgehead atoms. The lowest BCUT2D eigenvalue weighted by Gasteiger charge is -2.36. The van der Waals surface area contributed by atoms with Gasteiger partial charge < -0.3 is 4.90 Å². The number of aryl methyl sites for hydroxylation is 2. The van der Waals surface area contributed by atoms with Gasteiger partial charge in [0.1, 0.15) is 11.6 Å². The summed E-state index contributed by atoms with van der Waals surface area (Å²) in [5.74, 6) is 2.02. The Morgan fingerprint density at radius 2 is 1.56 bits per heavy atom. The van der Waals surface area contributed by atoms with E-state index < -0.39 is 0 Å². The van der Waals surface area contributed by atoms with E-state index in [0.29, 0.717) is 0 Å². The summed E-state index contributed by atoms with van der Waals surface area (Å²) < 4.78 is 1.74. The molecule has 1 aliphatic heterocycles. The van der Waals surface area contributed by atoms with Gasteiger partial charge in [0.2, 0.25) is 0 Å². The van der Waals surface area contributed by atoms with Crippen molar-refractivity contribution in [2.24, 2.45) is 0 Å². The Bertz CT molecular complexity index is 993. The molecule has 1 aliphatic rings. The molecule has 2 aromatic heterocycles. The van der Waals surface area contributed by atoms with Gasteiger partial charge in [-0.15, -0.1) is 0 Å². The molecule has 0 saturated carbocycles. The molecule has 0 unspecified atom stereocenters. The normalized spacial score (nSPS) is 15.7. The maximum absolute atomic E-state index is 12.3. The number of unbranched alkanes of at least 4 members (excludes halogenated alkanes) is 1. The molecular weight excluding hydrogens is 424 g/mol. The highest BCUT2D eigenvalue weighted by Crippen LogP contribution is 2.24. The van der Waals surface area contributed by atoms with Crippen LogP contribution in [-0.4, -0.2) is 57.1 Å². The molecule has 188 valence electrons. The van der Waals surface area contributed by atoms with Gasteiger partial charge in [-0.3, -0.25) is 9.47 Å². The Labute approximate surface area is 205 Å². The molecule has 7 nitrogen and oxygen atoms in total. The number of aromatic nitrogens is 4. The Kier molecular flexibility index (Phi) is 8.50. The third-order valence-corrected chi connectivity index (χ3v) is 6.40. The van der Waals surface area contributed by atoms with E-state index >= 15 is 0 Å². The first kappa shape index (κ1) is 26.3. The lowest BCUT2D eigenvalue weighted by atomic mass is 9.92. The van der Waals surface area contributed by atoms with Gasteiger partial charge in [0.15, 0.2) is 0 Å². The molecule has 0 spiro atoms. The Morgan fingerprint density at radius 3 is 2.15 bits per heavy atom. The molecule has 0 N–H and O–H groups in total. The molecule has 1 fully saturated rings. The number of hydrogen-bond acceptors (Lipinski definition) is 6. The highest BCUT2D eigenvalue weighted by molar-refractivity contribution is 5.41. The largest absolute Gasteiger partial charge is 0.354 e. The molecule has 0 aromatic carbocycles. The Morgan fingerprint density at radius 1 is 0.882 bits per heavy atom. The summed E-state index contributed by atoms with van der Waals surface area (Å²) in [6, 6.07) is 4.16. The molecule has 0 aliphatic carbocycles. The van der Waals surface area contributed by atoms with E-state index in [1.807, 2.05) is 12.3 Å². The quantitative estimate of drug-likeness (QED) is 0.542. The third kappa shape index (κ3) is 7.11. The van der Waals surface area contributed by atoms with E-state index in [-0.39, 0.29) is 16.5 Å². The van der Waals surface area contributed by atoms with Crippen LogP contribution in [0.3, 0.4) is 0 Å².